The van der Waals surface area contributed by atoms with Crippen LogP contribution in [0.15, 0.2) is 18.2 Å². The summed E-state index contributed by atoms with van der Waals surface area (Å²) in [6.07, 6.45) is 3.35. The van der Waals surface area contributed by atoms with Crippen molar-refractivity contribution in [3.8, 4) is 5.75 Å². The van der Waals surface area contributed by atoms with Gasteiger partial charge in [0.1, 0.15) is 12.4 Å². The molecule has 2 aliphatic heterocycles. The smallest absolute Gasteiger partial charge is 0.142 e. The highest BCUT2D eigenvalue weighted by Crippen LogP contribution is 2.33. The van der Waals surface area contributed by atoms with Crippen molar-refractivity contribution >= 4 is 5.69 Å². The van der Waals surface area contributed by atoms with Crippen LogP contribution in [-0.4, -0.2) is 25.9 Å². The predicted octanol–water partition coefficient (Wildman–Crippen LogP) is 2.85. The number of aryl methyl sites for hydroxylation is 1. The van der Waals surface area contributed by atoms with Gasteiger partial charge in [-0.3, -0.25) is 0 Å². The van der Waals surface area contributed by atoms with E-state index in [9.17, 15) is 0 Å². The second-order valence-corrected chi connectivity index (χ2v) is 5.20. The molecule has 1 N–H and O–H groups in total. The molecule has 1 fully saturated rings. The Morgan fingerprint density at radius 3 is 2.89 bits per heavy atom. The molecule has 2 heterocycles. The monoisotopic (exact) mass is 247 g/mol. The topological polar surface area (TPSA) is 30.5 Å². The second kappa shape index (κ2) is 5.19. The first-order valence-corrected chi connectivity index (χ1v) is 6.97. The third-order valence-corrected chi connectivity index (χ3v) is 4.05. The zero-order chi connectivity index (χ0) is 12.4. The SMILES string of the molecule is CCc1ccc2c(c1)NC(C1CCOCC1)CO2. The van der Waals surface area contributed by atoms with Crippen LogP contribution < -0.4 is 10.1 Å². The number of hydrogen-bond donors (Lipinski definition) is 1. The van der Waals surface area contributed by atoms with Gasteiger partial charge in [-0.1, -0.05) is 13.0 Å². The minimum Gasteiger partial charge on any atom is -0.489 e. The van der Waals surface area contributed by atoms with E-state index in [1.165, 1.54) is 5.56 Å². The Morgan fingerprint density at radius 1 is 1.28 bits per heavy atom. The molecule has 0 radical (unpaired) electrons. The Balaban J connectivity index is 1.74. The lowest BCUT2D eigenvalue weighted by molar-refractivity contribution is 0.0536. The molecular weight excluding hydrogens is 226 g/mol. The predicted molar refractivity (Wildman–Crippen MR) is 72.3 cm³/mol. The first-order valence-electron chi connectivity index (χ1n) is 6.97. The molecule has 18 heavy (non-hydrogen) atoms. The second-order valence-electron chi connectivity index (χ2n) is 5.20. The maximum atomic E-state index is 5.89. The standard InChI is InChI=1S/C15H21NO2/c1-2-11-3-4-15-13(9-11)16-14(10-18-15)12-5-7-17-8-6-12/h3-4,9,12,14,16H,2,5-8,10H2,1H3. The Morgan fingerprint density at radius 2 is 2.11 bits per heavy atom. The van der Waals surface area contributed by atoms with E-state index in [4.69, 9.17) is 9.47 Å². The fourth-order valence-electron chi connectivity index (χ4n) is 2.83. The molecule has 3 heteroatoms. The first-order chi connectivity index (χ1) is 8.86. The van der Waals surface area contributed by atoms with Gasteiger partial charge in [-0.15, -0.1) is 0 Å². The molecule has 0 aliphatic carbocycles. The van der Waals surface area contributed by atoms with E-state index in [1.807, 2.05) is 0 Å². The van der Waals surface area contributed by atoms with Crippen molar-refractivity contribution in [3.05, 3.63) is 23.8 Å². The molecule has 0 amide bonds. The van der Waals surface area contributed by atoms with Crippen molar-refractivity contribution in [3.63, 3.8) is 0 Å². The third kappa shape index (κ3) is 2.32. The quantitative estimate of drug-likeness (QED) is 0.871. The van der Waals surface area contributed by atoms with E-state index < -0.39 is 0 Å². The average molecular weight is 247 g/mol. The largest absolute Gasteiger partial charge is 0.489 e. The molecule has 98 valence electrons. The van der Waals surface area contributed by atoms with Crippen LogP contribution in [0.5, 0.6) is 5.75 Å². The van der Waals surface area contributed by atoms with Crippen molar-refractivity contribution in [2.24, 2.45) is 5.92 Å². The van der Waals surface area contributed by atoms with E-state index in [0.717, 1.165) is 50.5 Å². The fraction of sp³-hybridized carbons (Fsp3) is 0.600. The zero-order valence-corrected chi connectivity index (χ0v) is 10.9. The Hall–Kier alpha value is -1.22. The number of fused-ring (bicyclic) bond motifs is 1. The van der Waals surface area contributed by atoms with Gasteiger partial charge < -0.3 is 14.8 Å². The molecule has 1 atom stereocenters. The van der Waals surface area contributed by atoms with Crippen molar-refractivity contribution in [2.45, 2.75) is 32.2 Å². The van der Waals surface area contributed by atoms with E-state index >= 15 is 0 Å². The van der Waals surface area contributed by atoms with Crippen LogP contribution in [0.3, 0.4) is 0 Å². The Kier molecular flexibility index (Phi) is 3.41. The summed E-state index contributed by atoms with van der Waals surface area (Å²) >= 11 is 0. The van der Waals surface area contributed by atoms with Crippen LogP contribution in [0.1, 0.15) is 25.3 Å². The maximum absolute atomic E-state index is 5.89. The van der Waals surface area contributed by atoms with Crippen LogP contribution in [0.4, 0.5) is 5.69 Å². The van der Waals surface area contributed by atoms with Gasteiger partial charge in [0.25, 0.3) is 0 Å². The number of benzene rings is 1. The molecular formula is C15H21NO2. The summed E-state index contributed by atoms with van der Waals surface area (Å²) in [4.78, 5) is 0. The molecule has 2 aliphatic rings. The van der Waals surface area contributed by atoms with Crippen molar-refractivity contribution < 1.29 is 9.47 Å². The van der Waals surface area contributed by atoms with Gasteiger partial charge in [-0.2, -0.15) is 0 Å². The van der Waals surface area contributed by atoms with E-state index in [0.29, 0.717) is 12.0 Å². The fourth-order valence-corrected chi connectivity index (χ4v) is 2.83. The van der Waals surface area contributed by atoms with Crippen LogP contribution in [0.25, 0.3) is 0 Å². The normalized spacial score (nSPS) is 23.9. The Bertz CT molecular complexity index is 413. The van der Waals surface area contributed by atoms with Crippen molar-refractivity contribution in [2.75, 3.05) is 25.1 Å². The van der Waals surface area contributed by atoms with Crippen molar-refractivity contribution in [1.82, 2.24) is 0 Å². The molecule has 0 saturated carbocycles. The lowest BCUT2D eigenvalue weighted by Gasteiger charge is -2.35. The van der Waals surface area contributed by atoms with E-state index in [2.05, 4.69) is 30.4 Å². The summed E-state index contributed by atoms with van der Waals surface area (Å²) in [6, 6.07) is 6.89. The number of ether oxygens (including phenoxy) is 2. The van der Waals surface area contributed by atoms with Crippen LogP contribution in [-0.2, 0) is 11.2 Å². The minimum atomic E-state index is 0.438. The molecule has 1 aromatic carbocycles. The van der Waals surface area contributed by atoms with Crippen LogP contribution in [0.2, 0.25) is 0 Å². The lowest BCUT2D eigenvalue weighted by Crippen LogP contribution is -2.40. The maximum Gasteiger partial charge on any atom is 0.142 e. The molecule has 1 aromatic rings. The molecule has 0 aromatic heterocycles. The molecule has 0 bridgehead atoms. The third-order valence-electron chi connectivity index (χ3n) is 4.05. The van der Waals surface area contributed by atoms with Gasteiger partial charge in [0.15, 0.2) is 0 Å². The summed E-state index contributed by atoms with van der Waals surface area (Å²) < 4.78 is 11.3. The van der Waals surface area contributed by atoms with Crippen LogP contribution >= 0.6 is 0 Å². The van der Waals surface area contributed by atoms with Gasteiger partial charge in [-0.25, -0.2) is 0 Å². The van der Waals surface area contributed by atoms with Gasteiger partial charge >= 0.3 is 0 Å². The molecule has 1 saturated heterocycles. The highest BCUT2D eigenvalue weighted by Gasteiger charge is 2.28. The number of hydrogen-bond acceptors (Lipinski definition) is 3. The van der Waals surface area contributed by atoms with Gasteiger partial charge in [-0.05, 0) is 42.9 Å². The average Bonchev–Trinajstić information content (AvgIpc) is 2.47. The first kappa shape index (κ1) is 11.8. The summed E-state index contributed by atoms with van der Waals surface area (Å²) in [5, 5.41) is 3.66. The van der Waals surface area contributed by atoms with Crippen LogP contribution in [0, 0.1) is 5.92 Å². The van der Waals surface area contributed by atoms with E-state index in [1.54, 1.807) is 0 Å². The lowest BCUT2D eigenvalue weighted by atomic mass is 9.91. The number of nitrogens with one attached hydrogen (secondary N) is 1. The molecule has 1 unspecified atom stereocenters. The minimum absolute atomic E-state index is 0.438. The summed E-state index contributed by atoms with van der Waals surface area (Å²) in [6.45, 7) is 4.75. The van der Waals surface area contributed by atoms with Gasteiger partial charge in [0, 0.05) is 13.2 Å². The summed E-state index contributed by atoms with van der Waals surface area (Å²) in [5.74, 6) is 1.67. The molecule has 3 rings (SSSR count). The summed E-state index contributed by atoms with van der Waals surface area (Å²) in [5.41, 5.74) is 2.52. The zero-order valence-electron chi connectivity index (χ0n) is 10.9. The van der Waals surface area contributed by atoms with E-state index in [-0.39, 0.29) is 0 Å². The molecule has 0 spiro atoms. The van der Waals surface area contributed by atoms with Gasteiger partial charge in [0.05, 0.1) is 11.7 Å². The van der Waals surface area contributed by atoms with Gasteiger partial charge in [0.2, 0.25) is 0 Å². The molecule has 3 nitrogen and oxygen atoms in total. The highest BCUT2D eigenvalue weighted by molar-refractivity contribution is 5.60. The number of rotatable bonds is 2. The highest BCUT2D eigenvalue weighted by atomic mass is 16.5. The van der Waals surface area contributed by atoms with Crippen molar-refractivity contribution in [1.29, 1.82) is 0 Å². The Labute approximate surface area is 108 Å². The number of anilines is 1. The summed E-state index contributed by atoms with van der Waals surface area (Å²) in [7, 11) is 0.